The molecule has 0 aromatic carbocycles. The molecule has 0 saturated heterocycles. The number of alkyl halides is 17. The monoisotopic (exact) mass is 572 g/mol. The van der Waals surface area contributed by atoms with Gasteiger partial charge in [-0.25, -0.2) is 13.6 Å². The highest BCUT2D eigenvalue weighted by Crippen LogP contribution is 2.64. The van der Waals surface area contributed by atoms with E-state index >= 15 is 0 Å². The number of hydrogen-bond donors (Lipinski definition) is 1. The Morgan fingerprint density at radius 2 is 0.853 bits per heavy atom. The molecule has 34 heavy (non-hydrogen) atoms. The average Bonchev–Trinajstić information content (AvgIpc) is 2.59. The first-order valence-electron chi connectivity index (χ1n) is 7.44. The van der Waals surface area contributed by atoms with E-state index in [-0.39, 0.29) is 0 Å². The Bertz CT molecular complexity index is 821. The Balaban J connectivity index is 0. The zero-order chi connectivity index (χ0) is 28.6. The van der Waals surface area contributed by atoms with E-state index in [0.717, 1.165) is 6.42 Å². The number of primary sulfonamides is 1. The molecule has 0 aliphatic heterocycles. The van der Waals surface area contributed by atoms with Crippen molar-refractivity contribution in [1.82, 2.24) is 0 Å². The minimum atomic E-state index is -8.84. The van der Waals surface area contributed by atoms with Crippen molar-refractivity contribution in [1.29, 1.82) is 0 Å². The van der Waals surface area contributed by atoms with Crippen molar-refractivity contribution >= 4 is 10.0 Å². The summed E-state index contributed by atoms with van der Waals surface area (Å²) in [6.07, 6.45) is -7.00. The van der Waals surface area contributed by atoms with Gasteiger partial charge in [-0.15, -0.1) is 0 Å². The van der Waals surface area contributed by atoms with Crippen LogP contribution in [0.15, 0.2) is 5.18 Å². The van der Waals surface area contributed by atoms with E-state index in [9.17, 15) is 83.1 Å². The largest absolute Gasteiger partial charge is 0.460 e. The van der Waals surface area contributed by atoms with E-state index in [1.54, 1.807) is 0 Å². The molecule has 5 nitrogen and oxygen atoms in total. The zero-order valence-electron chi connectivity index (χ0n) is 15.5. The molecular weight excluding hydrogens is 563 g/mol. The number of nitroso groups, excluding NO2 is 1. The lowest BCUT2D eigenvalue weighted by Crippen LogP contribution is -2.75. The molecule has 206 valence electrons. The molecule has 0 heterocycles. The van der Waals surface area contributed by atoms with Crippen molar-refractivity contribution in [2.24, 2.45) is 10.3 Å². The Morgan fingerprint density at radius 1 is 0.588 bits per heavy atom. The van der Waals surface area contributed by atoms with Crippen LogP contribution in [0.1, 0.15) is 13.3 Å². The minimum Gasteiger partial charge on any atom is -0.223 e. The molecule has 0 aromatic rings. The standard InChI is InChI=1S/C8H2F17NO2S.C3H7NO/c9-1(10,3(13,14)5(17,18)7(21,22)23)2(11,12)4(15,16)6(19,20)8(24,25)29(26,27)28;1-2-3-4-5/h(H2,26,27,28);2-3H2,1H3. The van der Waals surface area contributed by atoms with Crippen LogP contribution in [0.5, 0.6) is 0 Å². The molecule has 0 aliphatic carbocycles. The second-order valence-corrected chi connectivity index (χ2v) is 7.46. The predicted molar refractivity (Wildman–Crippen MR) is 74.7 cm³/mol. The number of halogens is 17. The molecule has 0 radical (unpaired) electrons. The SMILES string of the molecule is CCCN=O.NS(=O)(=O)C(F)(F)C(F)(F)C(F)(F)C(F)(F)C(F)(F)C(F)(F)C(F)(F)C(F)(F)F. The molecule has 0 atom stereocenters. The summed E-state index contributed by atoms with van der Waals surface area (Å²) in [5.74, 6) is -51.6. The number of nitrogens with two attached hydrogens (primary N) is 1. The van der Waals surface area contributed by atoms with Crippen LogP contribution in [0.4, 0.5) is 74.6 Å². The van der Waals surface area contributed by atoms with E-state index < -0.39 is 57.0 Å². The van der Waals surface area contributed by atoms with Crippen LogP contribution in [-0.2, 0) is 10.0 Å². The molecule has 23 heteroatoms. The molecule has 0 bridgehead atoms. The maximum atomic E-state index is 13.1. The maximum absolute atomic E-state index is 13.1. The molecule has 0 aliphatic rings. The smallest absolute Gasteiger partial charge is 0.223 e. The fourth-order valence-corrected chi connectivity index (χ4v) is 1.90. The van der Waals surface area contributed by atoms with E-state index in [2.05, 4.69) is 10.3 Å². The first kappa shape index (κ1) is 34.5. The lowest BCUT2D eigenvalue weighted by molar-refractivity contribution is -0.458. The molecule has 0 fully saturated rings. The zero-order valence-corrected chi connectivity index (χ0v) is 16.3. The second kappa shape index (κ2) is 9.41. The summed E-state index contributed by atoms with van der Waals surface area (Å²) in [7, 11) is -7.39. The second-order valence-electron chi connectivity index (χ2n) is 5.86. The molecule has 0 unspecified atom stereocenters. The predicted octanol–water partition coefficient (Wildman–Crippen LogP) is 5.40. The summed E-state index contributed by atoms with van der Waals surface area (Å²) in [5, 5.41) is -1.70. The minimum absolute atomic E-state index is 0.458. The topological polar surface area (TPSA) is 89.6 Å². The van der Waals surface area contributed by atoms with Gasteiger partial charge in [-0.1, -0.05) is 12.1 Å². The third-order valence-corrected chi connectivity index (χ3v) is 4.34. The third kappa shape index (κ3) is 4.98. The van der Waals surface area contributed by atoms with Crippen LogP contribution in [-0.4, -0.2) is 61.9 Å². The molecule has 2 N–H and O–H groups in total. The van der Waals surface area contributed by atoms with Crippen LogP contribution in [0, 0.1) is 4.91 Å². The Labute approximate surface area is 176 Å². The molecule has 0 saturated carbocycles. The van der Waals surface area contributed by atoms with Crippen LogP contribution >= 0.6 is 0 Å². The van der Waals surface area contributed by atoms with Gasteiger partial charge in [0.2, 0.25) is 0 Å². The number of sulfonamides is 1. The van der Waals surface area contributed by atoms with Gasteiger partial charge in [0.05, 0.1) is 6.54 Å². The van der Waals surface area contributed by atoms with Gasteiger partial charge in [-0.2, -0.15) is 79.5 Å². The fourth-order valence-electron chi connectivity index (χ4n) is 1.42. The Hall–Kier alpha value is -1.68. The lowest BCUT2D eigenvalue weighted by atomic mass is 9.91. The first-order chi connectivity index (χ1) is 14.4. The third-order valence-electron chi connectivity index (χ3n) is 3.37. The summed E-state index contributed by atoms with van der Waals surface area (Å²) in [6, 6.07) is 0. The normalized spacial score (nSPS) is 15.5. The lowest BCUT2D eigenvalue weighted by Gasteiger charge is -2.42. The molecular formula is C11H9F17N2O3S. The highest BCUT2D eigenvalue weighted by Gasteiger charge is 2.96. The van der Waals surface area contributed by atoms with Gasteiger partial charge >= 0.3 is 47.0 Å². The van der Waals surface area contributed by atoms with Crippen molar-refractivity contribution in [3.63, 3.8) is 0 Å². The molecule has 0 aromatic heterocycles. The van der Waals surface area contributed by atoms with Gasteiger partial charge in [0, 0.05) is 0 Å². The van der Waals surface area contributed by atoms with Crippen molar-refractivity contribution in [2.75, 3.05) is 6.54 Å². The summed E-state index contributed by atoms with van der Waals surface area (Å²) < 4.78 is 236. The van der Waals surface area contributed by atoms with Crippen molar-refractivity contribution in [3.8, 4) is 0 Å². The number of rotatable bonds is 9. The molecule has 0 rings (SSSR count). The van der Waals surface area contributed by atoms with Crippen LogP contribution in [0.2, 0.25) is 0 Å². The van der Waals surface area contributed by atoms with Gasteiger partial charge in [0.15, 0.2) is 0 Å². The fraction of sp³-hybridized carbons (Fsp3) is 1.00. The van der Waals surface area contributed by atoms with E-state index in [0.29, 0.717) is 6.54 Å². The van der Waals surface area contributed by atoms with Crippen molar-refractivity contribution < 1.29 is 83.1 Å². The average molecular weight is 572 g/mol. The number of nitrogens with zero attached hydrogens (tertiary/aromatic N) is 1. The van der Waals surface area contributed by atoms with E-state index in [4.69, 9.17) is 4.91 Å². The van der Waals surface area contributed by atoms with Crippen LogP contribution in [0.3, 0.4) is 0 Å². The van der Waals surface area contributed by atoms with Gasteiger partial charge < -0.3 is 0 Å². The quantitative estimate of drug-likeness (QED) is 0.296. The summed E-state index contributed by atoms with van der Waals surface area (Å²) in [5.41, 5.74) is 0. The van der Waals surface area contributed by atoms with Crippen molar-refractivity contribution in [3.05, 3.63) is 4.91 Å². The van der Waals surface area contributed by atoms with Gasteiger partial charge in [0.1, 0.15) is 0 Å². The summed E-state index contributed by atoms with van der Waals surface area (Å²) in [4.78, 5) is 9.15. The highest BCUT2D eigenvalue weighted by atomic mass is 32.2. The van der Waals surface area contributed by atoms with Gasteiger partial charge in [-0.05, 0) is 6.42 Å². The van der Waals surface area contributed by atoms with Crippen molar-refractivity contribution in [2.45, 2.75) is 60.3 Å². The van der Waals surface area contributed by atoms with Gasteiger partial charge in [0.25, 0.3) is 10.0 Å². The molecule has 0 amide bonds. The van der Waals surface area contributed by atoms with E-state index in [1.165, 1.54) is 0 Å². The van der Waals surface area contributed by atoms with Gasteiger partial charge in [-0.3, -0.25) is 0 Å². The van der Waals surface area contributed by atoms with Crippen LogP contribution in [0.25, 0.3) is 0 Å². The highest BCUT2D eigenvalue weighted by molar-refractivity contribution is 7.90. The Kier molecular flexibility index (Phi) is 9.54. The Morgan fingerprint density at radius 3 is 1.03 bits per heavy atom. The summed E-state index contributed by atoms with van der Waals surface area (Å²) >= 11 is 0. The van der Waals surface area contributed by atoms with E-state index in [1.807, 2.05) is 6.92 Å². The first-order valence-corrected chi connectivity index (χ1v) is 8.99. The molecule has 0 spiro atoms. The summed E-state index contributed by atoms with van der Waals surface area (Å²) in [6.45, 7) is 2.38. The number of hydrogen-bond acceptors (Lipinski definition) is 4. The van der Waals surface area contributed by atoms with Crippen LogP contribution < -0.4 is 5.14 Å². The maximum Gasteiger partial charge on any atom is 0.460 e.